The lowest BCUT2D eigenvalue weighted by molar-refractivity contribution is 0.0606. The Morgan fingerprint density at radius 3 is 2.95 bits per heavy atom. The van der Waals surface area contributed by atoms with Gasteiger partial charge in [0.2, 0.25) is 0 Å². The third kappa shape index (κ3) is 3.46. The van der Waals surface area contributed by atoms with Crippen molar-refractivity contribution in [2.24, 2.45) is 0 Å². The third-order valence-electron chi connectivity index (χ3n) is 2.70. The van der Waals surface area contributed by atoms with Crippen LogP contribution in [0, 0.1) is 0 Å². The smallest absolute Gasteiger partial charge is 0.351 e. The number of likely N-dealkylation sites (N-methyl/N-ethyl adjacent to an activating group) is 1. The zero-order chi connectivity index (χ0) is 14.5. The number of hydrogen-bond donors (Lipinski definition) is 0. The first-order valence-corrected chi connectivity index (χ1v) is 7.17. The summed E-state index contributed by atoms with van der Waals surface area (Å²) in [6.07, 6.45) is 2.56. The molecule has 0 aliphatic rings. The highest BCUT2D eigenvalue weighted by molar-refractivity contribution is 7.18. The van der Waals surface area contributed by atoms with Crippen molar-refractivity contribution >= 4 is 34.0 Å². The van der Waals surface area contributed by atoms with Gasteiger partial charge < -0.3 is 9.64 Å². The highest BCUT2D eigenvalue weighted by Gasteiger charge is 2.19. The van der Waals surface area contributed by atoms with Gasteiger partial charge in [0, 0.05) is 31.9 Å². The maximum absolute atomic E-state index is 11.5. The van der Waals surface area contributed by atoms with Gasteiger partial charge in [-0.2, -0.15) is 0 Å². The lowest BCUT2D eigenvalue weighted by Gasteiger charge is -2.14. The molecule has 0 amide bonds. The van der Waals surface area contributed by atoms with Gasteiger partial charge in [-0.3, -0.25) is 4.98 Å². The summed E-state index contributed by atoms with van der Waals surface area (Å²) in [5, 5.41) is 0.868. The number of anilines is 1. The minimum absolute atomic E-state index is 0.182. The summed E-state index contributed by atoms with van der Waals surface area (Å²) in [4.78, 5) is 22.2. The maximum Gasteiger partial charge on any atom is 0.351 e. The van der Waals surface area contributed by atoms with Crippen molar-refractivity contribution < 1.29 is 9.53 Å². The summed E-state index contributed by atoms with van der Waals surface area (Å²) in [7, 11) is 3.22. The third-order valence-corrected chi connectivity index (χ3v) is 4.24. The zero-order valence-corrected chi connectivity index (χ0v) is 12.7. The van der Waals surface area contributed by atoms with Crippen molar-refractivity contribution in [3.63, 3.8) is 0 Å². The first-order valence-electron chi connectivity index (χ1n) is 5.97. The van der Waals surface area contributed by atoms with Crippen LogP contribution in [0.25, 0.3) is 0 Å². The number of esters is 1. The van der Waals surface area contributed by atoms with Crippen LogP contribution in [0.4, 0.5) is 5.13 Å². The van der Waals surface area contributed by atoms with Gasteiger partial charge >= 0.3 is 5.97 Å². The number of carbonyl (C=O) groups excluding carboxylic acids is 1. The molecule has 106 valence electrons. The summed E-state index contributed by atoms with van der Waals surface area (Å²) in [5.41, 5.74) is 1.01. The van der Waals surface area contributed by atoms with Crippen LogP contribution in [0.2, 0.25) is 5.15 Å². The minimum Gasteiger partial charge on any atom is -0.465 e. The summed E-state index contributed by atoms with van der Waals surface area (Å²) in [6, 6.07) is 5.82. The lowest BCUT2D eigenvalue weighted by Crippen LogP contribution is -2.20. The number of nitrogens with zero attached hydrogens (tertiary/aromatic N) is 3. The number of thiazole rings is 1. The molecule has 0 spiro atoms. The van der Waals surface area contributed by atoms with E-state index in [1.165, 1.54) is 18.4 Å². The van der Waals surface area contributed by atoms with E-state index >= 15 is 0 Å². The normalized spacial score (nSPS) is 10.3. The Morgan fingerprint density at radius 2 is 2.30 bits per heavy atom. The van der Waals surface area contributed by atoms with Gasteiger partial charge in [-0.25, -0.2) is 9.78 Å². The van der Waals surface area contributed by atoms with E-state index in [1.54, 1.807) is 6.20 Å². The van der Waals surface area contributed by atoms with Crippen molar-refractivity contribution in [2.45, 2.75) is 6.42 Å². The van der Waals surface area contributed by atoms with Crippen LogP contribution in [0.5, 0.6) is 0 Å². The van der Waals surface area contributed by atoms with Gasteiger partial charge in [0.15, 0.2) is 15.2 Å². The second kappa shape index (κ2) is 6.67. The Hall–Kier alpha value is -1.66. The molecule has 0 saturated heterocycles. The number of halogens is 1. The SMILES string of the molecule is COC(=O)c1sc(N(C)CCc2ccccn2)nc1Cl. The monoisotopic (exact) mass is 311 g/mol. The Bertz CT molecular complexity index is 589. The van der Waals surface area contributed by atoms with Crippen LogP contribution in [0.3, 0.4) is 0 Å². The van der Waals surface area contributed by atoms with Crippen molar-refractivity contribution in [1.29, 1.82) is 0 Å². The number of rotatable bonds is 5. The fraction of sp³-hybridized carbons (Fsp3) is 0.308. The molecule has 2 aromatic rings. The first kappa shape index (κ1) is 14.7. The van der Waals surface area contributed by atoms with E-state index in [1.807, 2.05) is 30.1 Å². The molecule has 0 atom stereocenters. The van der Waals surface area contributed by atoms with E-state index in [4.69, 9.17) is 11.6 Å². The van der Waals surface area contributed by atoms with E-state index in [0.717, 1.165) is 18.7 Å². The summed E-state index contributed by atoms with van der Waals surface area (Å²) < 4.78 is 4.66. The number of ether oxygens (including phenoxy) is 1. The standard InChI is InChI=1S/C13H14ClN3O2S/c1-17(8-6-9-5-3-4-7-15-9)13-16-11(14)10(20-13)12(18)19-2/h3-5,7H,6,8H2,1-2H3. The van der Waals surface area contributed by atoms with Crippen LogP contribution in [-0.2, 0) is 11.2 Å². The molecule has 0 bridgehead atoms. The minimum atomic E-state index is -0.461. The average Bonchev–Trinajstić information content (AvgIpc) is 2.87. The van der Waals surface area contributed by atoms with Gasteiger partial charge in [0.05, 0.1) is 7.11 Å². The van der Waals surface area contributed by atoms with Crippen LogP contribution < -0.4 is 4.90 Å². The van der Waals surface area contributed by atoms with Crippen molar-refractivity contribution in [3.05, 3.63) is 40.1 Å². The molecule has 0 aromatic carbocycles. The molecule has 2 heterocycles. The predicted octanol–water partition coefficient (Wildman–Crippen LogP) is 2.66. The second-order valence-electron chi connectivity index (χ2n) is 4.10. The quantitative estimate of drug-likeness (QED) is 0.795. The van der Waals surface area contributed by atoms with Crippen LogP contribution >= 0.6 is 22.9 Å². The van der Waals surface area contributed by atoms with E-state index < -0.39 is 5.97 Å². The molecule has 2 rings (SSSR count). The first-order chi connectivity index (χ1) is 9.61. The van der Waals surface area contributed by atoms with Crippen LogP contribution in [0.1, 0.15) is 15.4 Å². The van der Waals surface area contributed by atoms with Gasteiger partial charge in [-0.05, 0) is 12.1 Å². The van der Waals surface area contributed by atoms with Crippen molar-refractivity contribution in [2.75, 3.05) is 25.6 Å². The molecule has 0 unspecified atom stereocenters. The zero-order valence-electron chi connectivity index (χ0n) is 11.2. The molecular formula is C13H14ClN3O2S. The molecule has 5 nitrogen and oxygen atoms in total. The molecule has 0 saturated carbocycles. The lowest BCUT2D eigenvalue weighted by atomic mass is 10.2. The molecule has 7 heteroatoms. The molecule has 20 heavy (non-hydrogen) atoms. The average molecular weight is 312 g/mol. The molecule has 0 aliphatic carbocycles. The van der Waals surface area contributed by atoms with E-state index in [9.17, 15) is 4.79 Å². The topological polar surface area (TPSA) is 55.3 Å². The number of carbonyl (C=O) groups is 1. The number of hydrogen-bond acceptors (Lipinski definition) is 6. The molecule has 0 N–H and O–H groups in total. The number of aromatic nitrogens is 2. The number of methoxy groups -OCH3 is 1. The Labute approximate surface area is 126 Å². The predicted molar refractivity (Wildman–Crippen MR) is 79.7 cm³/mol. The summed E-state index contributed by atoms with van der Waals surface area (Å²) in [5.74, 6) is -0.461. The molecule has 0 radical (unpaired) electrons. The van der Waals surface area contributed by atoms with Crippen LogP contribution in [-0.4, -0.2) is 36.6 Å². The number of pyridine rings is 1. The maximum atomic E-state index is 11.5. The molecule has 0 aliphatic heterocycles. The van der Waals surface area contributed by atoms with Gasteiger partial charge in [-0.1, -0.05) is 29.0 Å². The molecule has 0 fully saturated rings. The van der Waals surface area contributed by atoms with Gasteiger partial charge in [-0.15, -0.1) is 0 Å². The second-order valence-corrected chi connectivity index (χ2v) is 5.44. The highest BCUT2D eigenvalue weighted by Crippen LogP contribution is 2.29. The van der Waals surface area contributed by atoms with Crippen LogP contribution in [0.15, 0.2) is 24.4 Å². The van der Waals surface area contributed by atoms with Crippen molar-refractivity contribution in [3.8, 4) is 0 Å². The van der Waals surface area contributed by atoms with Gasteiger partial charge in [0.1, 0.15) is 0 Å². The summed E-state index contributed by atoms with van der Waals surface area (Å²) in [6.45, 7) is 0.738. The largest absolute Gasteiger partial charge is 0.465 e. The summed E-state index contributed by atoms with van der Waals surface area (Å²) >= 11 is 7.16. The fourth-order valence-corrected chi connectivity index (χ4v) is 2.78. The Morgan fingerprint density at radius 1 is 1.50 bits per heavy atom. The van der Waals surface area contributed by atoms with Gasteiger partial charge in [0.25, 0.3) is 0 Å². The fourth-order valence-electron chi connectivity index (χ4n) is 1.60. The van der Waals surface area contributed by atoms with E-state index in [-0.39, 0.29) is 5.15 Å². The Balaban J connectivity index is 2.02. The van der Waals surface area contributed by atoms with Crippen molar-refractivity contribution in [1.82, 2.24) is 9.97 Å². The molecular weight excluding hydrogens is 298 g/mol. The van der Waals surface area contributed by atoms with E-state index in [0.29, 0.717) is 10.0 Å². The van der Waals surface area contributed by atoms with E-state index in [2.05, 4.69) is 14.7 Å². The molecule has 2 aromatic heterocycles. The Kier molecular flexibility index (Phi) is 4.92. The highest BCUT2D eigenvalue weighted by atomic mass is 35.5.